The van der Waals surface area contributed by atoms with Crippen molar-refractivity contribution in [1.82, 2.24) is 4.98 Å². The number of aromatic hydroxyl groups is 2. The van der Waals surface area contributed by atoms with Gasteiger partial charge in [-0.2, -0.15) is 0 Å². The zero-order chi connectivity index (χ0) is 59.6. The van der Waals surface area contributed by atoms with Crippen molar-refractivity contribution in [3.63, 3.8) is 0 Å². The summed E-state index contributed by atoms with van der Waals surface area (Å²) in [6.45, 7) is -0.160. The zero-order valence-electron chi connectivity index (χ0n) is 48.3. The number of aliphatic hydroxyl groups is 4. The highest BCUT2D eigenvalue weighted by atomic mass is 33.1. The fourth-order valence-electron chi connectivity index (χ4n) is 17.0. The number of allylic oxidation sites excluding steroid dienone is 5. The molecule has 4 aromatic carbocycles. The monoisotopic (exact) mass is 1230 g/mol. The van der Waals surface area contributed by atoms with Crippen molar-refractivity contribution in [1.29, 1.82) is 0 Å². The number of ketones is 2. The van der Waals surface area contributed by atoms with Gasteiger partial charge in [0.2, 0.25) is 0 Å². The number of carbonyl (C=O) groups is 2. The molecule has 6 aliphatic carbocycles. The minimum absolute atomic E-state index is 0.00415. The minimum Gasteiger partial charge on any atom is -0.508 e. The molecule has 1 aromatic heterocycles. The highest BCUT2D eigenvalue weighted by Gasteiger charge is 2.65. The van der Waals surface area contributed by atoms with Gasteiger partial charge in [0.05, 0.1) is 48.9 Å². The lowest BCUT2D eigenvalue weighted by Crippen LogP contribution is -2.51. The maximum atomic E-state index is 14.5. The maximum absolute atomic E-state index is 14.5. The first-order valence-electron chi connectivity index (χ1n) is 30.6. The van der Waals surface area contributed by atoms with E-state index in [0.717, 1.165) is 58.5 Å². The van der Waals surface area contributed by atoms with Crippen LogP contribution in [-0.4, -0.2) is 95.0 Å². The lowest BCUT2D eigenvalue weighted by molar-refractivity contribution is -0.114. The van der Waals surface area contributed by atoms with Crippen LogP contribution in [0, 0.1) is 51.8 Å². The second kappa shape index (κ2) is 24.0. The summed E-state index contributed by atoms with van der Waals surface area (Å²) in [6.07, 6.45) is 20.5. The number of benzene rings is 4. The van der Waals surface area contributed by atoms with Crippen molar-refractivity contribution in [2.75, 3.05) is 31.3 Å². The topological polar surface area (TPSA) is 233 Å². The van der Waals surface area contributed by atoms with Crippen molar-refractivity contribution in [3.05, 3.63) is 183 Å². The third-order valence-corrected chi connectivity index (χ3v) is 26.5. The maximum Gasteiger partial charge on any atom is 0.165 e. The van der Waals surface area contributed by atoms with Crippen LogP contribution < -0.4 is 16.2 Å². The first-order valence-corrected chi connectivity index (χ1v) is 35.4. The van der Waals surface area contributed by atoms with Gasteiger partial charge in [-0.05, 0) is 173 Å². The second-order valence-electron chi connectivity index (χ2n) is 26.1. The number of phenols is 2. The Morgan fingerprint density at radius 2 is 1.62 bits per heavy atom. The number of nitrogens with one attached hydrogen (secondary N) is 1. The van der Waals surface area contributed by atoms with E-state index in [2.05, 4.69) is 77.5 Å². The predicted octanol–water partition coefficient (Wildman–Crippen LogP) is 11.1. The van der Waals surface area contributed by atoms with Gasteiger partial charge in [0, 0.05) is 76.9 Å². The Morgan fingerprint density at radius 1 is 0.779 bits per heavy atom. The Kier molecular flexibility index (Phi) is 16.7. The fourth-order valence-corrected chi connectivity index (χ4v) is 22.8. The number of H-pyrrole nitrogens is 1. The molecule has 2 saturated carbocycles. The number of carbonyl (C=O) groups excluding carboxylic acids is 2. The molecule has 2 aliphatic heterocycles. The first-order chi connectivity index (χ1) is 41.5. The SMILES string of the molecule is NC(N)c1cc2c3cc1CSSCC1CC4(C=CC(=O)CCc5ccc(O)c(c5)OCCc5ccc(O)c(c5)C3CC(=O)c3cc[nH]c3CC#C2)CC1(O)C1C=CC4CC23C=CC4(CCCC(O)(CO)C2)C(CSS1)C(CO)c1ccccc1CC34. The molecule has 5 aromatic rings. The van der Waals surface area contributed by atoms with E-state index in [-0.39, 0.29) is 96.0 Å². The molecule has 450 valence electrons. The van der Waals surface area contributed by atoms with Crippen LogP contribution in [0.25, 0.3) is 0 Å². The summed E-state index contributed by atoms with van der Waals surface area (Å²) in [7, 11) is 6.89. The molecule has 13 rings (SSSR count). The van der Waals surface area contributed by atoms with Crippen LogP contribution in [0.3, 0.4) is 0 Å². The third-order valence-electron chi connectivity index (χ3n) is 21.3. The van der Waals surface area contributed by atoms with Crippen LogP contribution in [0.2, 0.25) is 0 Å². The van der Waals surface area contributed by atoms with E-state index in [4.69, 9.17) is 16.2 Å². The lowest BCUT2D eigenvalue weighted by atomic mass is 9.52. The highest BCUT2D eigenvalue weighted by Crippen LogP contribution is 2.70. The van der Waals surface area contributed by atoms with E-state index in [1.807, 2.05) is 24.3 Å². The minimum atomic E-state index is -1.33. The predicted molar refractivity (Wildman–Crippen MR) is 344 cm³/mol. The van der Waals surface area contributed by atoms with E-state index in [0.29, 0.717) is 85.3 Å². The van der Waals surface area contributed by atoms with Gasteiger partial charge in [-0.3, -0.25) is 9.59 Å². The Balaban J connectivity index is 0.912. The van der Waals surface area contributed by atoms with Gasteiger partial charge in [-0.15, -0.1) is 0 Å². The van der Waals surface area contributed by atoms with E-state index in [9.17, 15) is 40.2 Å². The number of hydrogen-bond donors (Lipinski definition) is 9. The number of hydrogen-bond acceptors (Lipinski definition) is 15. The first kappa shape index (κ1) is 59.8. The van der Waals surface area contributed by atoms with Crippen LogP contribution in [0.5, 0.6) is 17.2 Å². The summed E-state index contributed by atoms with van der Waals surface area (Å²) in [5.74, 6) is 7.64. The summed E-state index contributed by atoms with van der Waals surface area (Å²) in [6, 6.07) is 25.0. The Labute approximate surface area is 519 Å². The molecule has 86 heavy (non-hydrogen) atoms. The quantitative estimate of drug-likeness (QED) is 0.0354. The van der Waals surface area contributed by atoms with Crippen molar-refractivity contribution in [2.24, 2.45) is 51.4 Å². The number of ether oxygens (including phenoxy) is 1. The molecule has 12 unspecified atom stereocenters. The molecular weight excluding hydrogens is 1160 g/mol. The van der Waals surface area contributed by atoms with Gasteiger partial charge < -0.3 is 51.8 Å². The summed E-state index contributed by atoms with van der Waals surface area (Å²) < 4.78 is 6.28. The number of aromatic amines is 1. The average molecular weight is 1230 g/mol. The molecular formula is C70H77N3O9S4. The Bertz CT molecular complexity index is 3610. The van der Waals surface area contributed by atoms with Crippen molar-refractivity contribution in [2.45, 2.75) is 124 Å². The van der Waals surface area contributed by atoms with E-state index in [1.54, 1.807) is 79.7 Å². The number of aromatic nitrogens is 1. The number of aryl methyl sites for hydroxylation is 1. The molecule has 16 heteroatoms. The van der Waals surface area contributed by atoms with Gasteiger partial charge in [0.1, 0.15) is 5.75 Å². The van der Waals surface area contributed by atoms with Crippen LogP contribution in [0.1, 0.15) is 142 Å². The number of nitrogens with two attached hydrogens (primary N) is 2. The smallest absolute Gasteiger partial charge is 0.165 e. The average Bonchev–Trinajstić information content (AvgIpc) is 1.74. The van der Waals surface area contributed by atoms with E-state index < -0.39 is 34.1 Å². The molecule has 8 aliphatic rings. The van der Waals surface area contributed by atoms with Gasteiger partial charge in [0.15, 0.2) is 23.1 Å². The van der Waals surface area contributed by atoms with E-state index in [1.165, 1.54) is 11.1 Å². The second-order valence-corrected chi connectivity index (χ2v) is 31.1. The normalized spacial score (nSPS) is 33.4. The number of fused-ring (bicyclic) bond motifs is 14. The number of Topliss-reactive ketones (excluding diaryl/α,β-unsaturated/α-hetero) is 1. The lowest BCUT2D eigenvalue weighted by Gasteiger charge is -2.53. The molecule has 2 fully saturated rings. The molecule has 1 spiro atoms. The molecule has 0 amide bonds. The molecule has 0 saturated heterocycles. The number of rotatable bonds is 3. The fraction of sp³-hybridized carbons (Fsp3) is 0.457. The molecule has 12 nitrogen and oxygen atoms in total. The van der Waals surface area contributed by atoms with Crippen molar-refractivity contribution >= 4 is 54.7 Å². The number of phenolic OH excluding ortho intramolecular Hbond substituents is 2. The largest absolute Gasteiger partial charge is 0.508 e. The molecule has 11 N–H and O–H groups in total. The zero-order valence-corrected chi connectivity index (χ0v) is 51.6. The molecule has 12 atom stereocenters. The summed E-state index contributed by atoms with van der Waals surface area (Å²) >= 11 is 0. The summed E-state index contributed by atoms with van der Waals surface area (Å²) in [5.41, 5.74) is 18.2. The van der Waals surface area contributed by atoms with Crippen LogP contribution in [0.15, 0.2) is 122 Å². The van der Waals surface area contributed by atoms with Crippen LogP contribution in [0.4, 0.5) is 0 Å². The Morgan fingerprint density at radius 3 is 2.45 bits per heavy atom. The van der Waals surface area contributed by atoms with Gasteiger partial charge >= 0.3 is 0 Å². The van der Waals surface area contributed by atoms with Crippen LogP contribution >= 0.6 is 43.2 Å². The van der Waals surface area contributed by atoms with Gasteiger partial charge in [0.25, 0.3) is 0 Å². The van der Waals surface area contributed by atoms with Crippen molar-refractivity contribution in [3.8, 4) is 29.1 Å². The molecule has 3 heterocycles. The standard InChI is InChI=1S/C70H77N3O9S4/c71-65(72)53-29-44-6-3-8-58-51(18-25-73-58)61(79)32-54-52(44)30-46(53)36-83-84-37-48-34-66(22-17-49(76)13-9-42-11-15-60(78)62(28-42)82-26-19-43-10-14-59(77)55(54)27-43)40-70(48,81)64-16-12-47(66)33-67-23-24-69(21-4-20-68(80,39-67)41-75)57(38-85-86-64)56(35-74)50-7-2-1-5-45(50)31-63(67)69/h1-2,5,7,10-12,14-18,22-25,27-30,47-48,54,56-57,63-65,73-75,77-78,80-81H,4,8-9,13,19-21,26,31-41,71-72H2. The van der Waals surface area contributed by atoms with Crippen molar-refractivity contribution < 1.29 is 45.0 Å². The summed E-state index contributed by atoms with van der Waals surface area (Å²) in [4.78, 5) is 32.2. The third kappa shape index (κ3) is 11.0. The molecule has 0 radical (unpaired) electrons. The molecule has 15 bridgehead atoms. The summed E-state index contributed by atoms with van der Waals surface area (Å²) in [5, 5.41) is 71.8. The number of aliphatic hydroxyl groups excluding tert-OH is 2. The van der Waals surface area contributed by atoms with Gasteiger partial charge in [-0.25, -0.2) is 0 Å². The highest BCUT2D eigenvalue weighted by molar-refractivity contribution is 8.77. The van der Waals surface area contributed by atoms with Gasteiger partial charge in [-0.1, -0.05) is 134 Å². The Hall–Kier alpha value is -5.16. The van der Waals surface area contributed by atoms with Crippen LogP contribution in [-0.2, 0) is 36.2 Å². The van der Waals surface area contributed by atoms with E-state index >= 15 is 0 Å².